The Kier molecular flexibility index (Phi) is 3.18. The number of hydrogen-bond donors (Lipinski definition) is 1. The van der Waals surface area contributed by atoms with Crippen molar-refractivity contribution in [3.8, 4) is 0 Å². The molecule has 1 unspecified atom stereocenters. The molecule has 3 rings (SSSR count). The molecule has 1 aliphatic carbocycles. The van der Waals surface area contributed by atoms with Gasteiger partial charge >= 0.3 is 0 Å². The third-order valence-electron chi connectivity index (χ3n) is 3.79. The van der Waals surface area contributed by atoms with Crippen molar-refractivity contribution in [3.63, 3.8) is 0 Å². The Morgan fingerprint density at radius 3 is 3.00 bits per heavy atom. The van der Waals surface area contributed by atoms with Gasteiger partial charge in [0.2, 0.25) is 0 Å². The number of anilines is 1. The zero-order chi connectivity index (χ0) is 14.1. The lowest BCUT2D eigenvalue weighted by molar-refractivity contribution is -0.385. The highest BCUT2D eigenvalue weighted by Crippen LogP contribution is 2.34. The lowest BCUT2D eigenvalue weighted by Crippen LogP contribution is -2.16. The van der Waals surface area contributed by atoms with Gasteiger partial charge in [-0.25, -0.2) is 0 Å². The Balaban J connectivity index is 1.83. The van der Waals surface area contributed by atoms with Gasteiger partial charge < -0.3 is 9.73 Å². The van der Waals surface area contributed by atoms with Gasteiger partial charge in [0.15, 0.2) is 0 Å². The number of hydrogen-bond acceptors (Lipinski definition) is 4. The van der Waals surface area contributed by atoms with E-state index in [4.69, 9.17) is 4.42 Å². The molecule has 1 aromatic heterocycles. The van der Waals surface area contributed by atoms with Crippen LogP contribution in [-0.4, -0.2) is 4.92 Å². The lowest BCUT2D eigenvalue weighted by Gasteiger charge is -2.23. The number of aryl methyl sites for hydroxylation is 2. The molecular weight excluding hydrogens is 256 g/mol. The molecule has 0 bridgehead atoms. The molecule has 2 aromatic rings. The molecule has 0 radical (unpaired) electrons. The van der Waals surface area contributed by atoms with Crippen molar-refractivity contribution < 1.29 is 9.34 Å². The molecular formula is C15H16N2O3. The van der Waals surface area contributed by atoms with E-state index in [-0.39, 0.29) is 16.7 Å². The summed E-state index contributed by atoms with van der Waals surface area (Å²) in [5, 5.41) is 14.3. The quantitative estimate of drug-likeness (QED) is 0.677. The van der Waals surface area contributed by atoms with Crippen LogP contribution >= 0.6 is 0 Å². The molecule has 104 valence electrons. The summed E-state index contributed by atoms with van der Waals surface area (Å²) >= 11 is 0. The average molecular weight is 272 g/mol. The van der Waals surface area contributed by atoms with Crippen LogP contribution in [-0.2, 0) is 6.42 Å². The number of nitro groups is 1. The van der Waals surface area contributed by atoms with E-state index >= 15 is 0 Å². The molecule has 0 saturated carbocycles. The summed E-state index contributed by atoms with van der Waals surface area (Å²) in [5.41, 5.74) is 2.94. The van der Waals surface area contributed by atoms with E-state index in [0.29, 0.717) is 5.56 Å². The fraction of sp³-hybridized carbons (Fsp3) is 0.333. The number of furan rings is 1. The first-order valence-corrected chi connectivity index (χ1v) is 6.73. The van der Waals surface area contributed by atoms with E-state index in [1.807, 2.05) is 12.1 Å². The van der Waals surface area contributed by atoms with Crippen LogP contribution in [0.15, 0.2) is 34.9 Å². The highest BCUT2D eigenvalue weighted by molar-refractivity contribution is 5.54. The van der Waals surface area contributed by atoms with Crippen LogP contribution < -0.4 is 5.32 Å². The number of nitro benzene ring substituents is 1. The Hall–Kier alpha value is -2.30. The SMILES string of the molecule is Cc1cc(NC2CCCc3occc32)ccc1[N+](=O)[O-]. The Morgan fingerprint density at radius 1 is 1.40 bits per heavy atom. The Bertz CT molecular complexity index is 648. The second-order valence-corrected chi connectivity index (χ2v) is 5.15. The van der Waals surface area contributed by atoms with Gasteiger partial charge in [-0.05, 0) is 38.0 Å². The van der Waals surface area contributed by atoms with Crippen LogP contribution in [0.2, 0.25) is 0 Å². The second-order valence-electron chi connectivity index (χ2n) is 5.15. The van der Waals surface area contributed by atoms with Gasteiger partial charge in [-0.3, -0.25) is 10.1 Å². The van der Waals surface area contributed by atoms with Gasteiger partial charge in [0.1, 0.15) is 5.76 Å². The predicted octanol–water partition coefficient (Wildman–Crippen LogP) is 3.99. The minimum absolute atomic E-state index is 0.156. The summed E-state index contributed by atoms with van der Waals surface area (Å²) in [6, 6.07) is 7.37. The van der Waals surface area contributed by atoms with Gasteiger partial charge in [-0.15, -0.1) is 0 Å². The van der Waals surface area contributed by atoms with Crippen molar-refractivity contribution in [2.75, 3.05) is 5.32 Å². The van der Waals surface area contributed by atoms with Crippen molar-refractivity contribution in [2.45, 2.75) is 32.2 Å². The fourth-order valence-electron chi connectivity index (χ4n) is 2.79. The first kappa shape index (κ1) is 12.7. The molecule has 0 amide bonds. The lowest BCUT2D eigenvalue weighted by atomic mass is 9.93. The van der Waals surface area contributed by atoms with Crippen LogP contribution in [0.3, 0.4) is 0 Å². The van der Waals surface area contributed by atoms with Crippen LogP contribution in [0, 0.1) is 17.0 Å². The zero-order valence-corrected chi connectivity index (χ0v) is 11.3. The maximum Gasteiger partial charge on any atom is 0.272 e. The highest BCUT2D eigenvalue weighted by atomic mass is 16.6. The molecule has 5 nitrogen and oxygen atoms in total. The molecule has 0 saturated heterocycles. The number of nitrogens with zero attached hydrogens (tertiary/aromatic N) is 1. The first-order valence-electron chi connectivity index (χ1n) is 6.73. The summed E-state index contributed by atoms with van der Waals surface area (Å²) in [6.07, 6.45) is 4.85. The number of rotatable bonds is 3. The maximum atomic E-state index is 10.8. The van der Waals surface area contributed by atoms with Crippen LogP contribution in [0.25, 0.3) is 0 Å². The smallest absolute Gasteiger partial charge is 0.272 e. The third-order valence-corrected chi connectivity index (χ3v) is 3.79. The predicted molar refractivity (Wildman–Crippen MR) is 75.8 cm³/mol. The summed E-state index contributed by atoms with van der Waals surface area (Å²) in [5.74, 6) is 1.05. The summed E-state index contributed by atoms with van der Waals surface area (Å²) in [7, 11) is 0. The van der Waals surface area contributed by atoms with Crippen molar-refractivity contribution in [3.05, 3.63) is 57.5 Å². The largest absolute Gasteiger partial charge is 0.469 e. The molecule has 20 heavy (non-hydrogen) atoms. The summed E-state index contributed by atoms with van der Waals surface area (Å²) in [4.78, 5) is 10.5. The number of nitrogens with one attached hydrogen (secondary N) is 1. The normalized spacial score (nSPS) is 17.6. The molecule has 1 atom stereocenters. The molecule has 0 aliphatic heterocycles. The highest BCUT2D eigenvalue weighted by Gasteiger charge is 2.22. The van der Waals surface area contributed by atoms with Crippen molar-refractivity contribution >= 4 is 11.4 Å². The molecule has 1 aromatic carbocycles. The van der Waals surface area contributed by atoms with Crippen LogP contribution in [0.4, 0.5) is 11.4 Å². The first-order chi connectivity index (χ1) is 9.65. The second kappa shape index (κ2) is 5.00. The molecule has 1 aliphatic rings. The van der Waals surface area contributed by atoms with Crippen molar-refractivity contribution in [1.29, 1.82) is 0 Å². The van der Waals surface area contributed by atoms with Crippen LogP contribution in [0.1, 0.15) is 35.8 Å². The topological polar surface area (TPSA) is 68.3 Å². The molecule has 0 spiro atoms. The molecule has 0 fully saturated rings. The van der Waals surface area contributed by atoms with Gasteiger partial charge in [-0.2, -0.15) is 0 Å². The zero-order valence-electron chi connectivity index (χ0n) is 11.3. The molecule has 5 heteroatoms. The fourth-order valence-corrected chi connectivity index (χ4v) is 2.79. The van der Waals surface area contributed by atoms with E-state index < -0.39 is 0 Å². The third kappa shape index (κ3) is 2.27. The van der Waals surface area contributed by atoms with E-state index in [9.17, 15) is 10.1 Å². The van der Waals surface area contributed by atoms with E-state index in [1.54, 1.807) is 25.3 Å². The van der Waals surface area contributed by atoms with Gasteiger partial charge in [0, 0.05) is 29.3 Å². The van der Waals surface area contributed by atoms with Gasteiger partial charge in [0.05, 0.1) is 17.2 Å². The van der Waals surface area contributed by atoms with Gasteiger partial charge in [-0.1, -0.05) is 0 Å². The summed E-state index contributed by atoms with van der Waals surface area (Å²) in [6.45, 7) is 1.76. The number of fused-ring (bicyclic) bond motifs is 1. The number of benzene rings is 1. The van der Waals surface area contributed by atoms with Crippen LogP contribution in [0.5, 0.6) is 0 Å². The monoisotopic (exact) mass is 272 g/mol. The minimum Gasteiger partial charge on any atom is -0.469 e. The van der Waals surface area contributed by atoms with Crippen molar-refractivity contribution in [1.82, 2.24) is 0 Å². The average Bonchev–Trinajstić information content (AvgIpc) is 2.87. The van der Waals surface area contributed by atoms with E-state index in [1.165, 1.54) is 5.56 Å². The maximum absolute atomic E-state index is 10.8. The minimum atomic E-state index is -0.353. The standard InChI is InChI=1S/C15H16N2O3/c1-10-9-11(5-6-14(10)17(18)19)16-13-3-2-4-15-12(13)7-8-20-15/h5-9,13,16H,2-4H2,1H3. The Labute approximate surface area is 116 Å². The molecule has 1 heterocycles. The van der Waals surface area contributed by atoms with E-state index in [0.717, 1.165) is 30.7 Å². The van der Waals surface area contributed by atoms with Crippen molar-refractivity contribution in [2.24, 2.45) is 0 Å². The Morgan fingerprint density at radius 2 is 2.25 bits per heavy atom. The summed E-state index contributed by atoms with van der Waals surface area (Å²) < 4.78 is 5.47. The van der Waals surface area contributed by atoms with Gasteiger partial charge in [0.25, 0.3) is 5.69 Å². The molecule has 1 N–H and O–H groups in total. The van der Waals surface area contributed by atoms with E-state index in [2.05, 4.69) is 5.32 Å².